The Labute approximate surface area is 178 Å². The fourth-order valence-electron chi connectivity index (χ4n) is 3.67. The quantitative estimate of drug-likeness (QED) is 0.502. The highest BCUT2D eigenvalue weighted by atomic mass is 32.1. The van der Waals surface area contributed by atoms with Crippen molar-refractivity contribution >= 4 is 34.0 Å². The first-order chi connectivity index (χ1) is 14.5. The predicted octanol–water partition coefficient (Wildman–Crippen LogP) is 4.29. The number of nitrogens with zero attached hydrogens (tertiary/aromatic N) is 4. The van der Waals surface area contributed by atoms with Crippen molar-refractivity contribution in [1.82, 2.24) is 19.7 Å². The highest BCUT2D eigenvalue weighted by Crippen LogP contribution is 2.30. The number of ether oxygens (including phenoxy) is 1. The van der Waals surface area contributed by atoms with Crippen LogP contribution in [0, 0.1) is 13.8 Å². The minimum Gasteiger partial charge on any atom is -0.479 e. The van der Waals surface area contributed by atoms with Crippen LogP contribution in [0.3, 0.4) is 0 Å². The normalized spacial score (nSPS) is 11.1. The summed E-state index contributed by atoms with van der Waals surface area (Å²) in [6, 6.07) is 7.75. The number of benzene rings is 1. The van der Waals surface area contributed by atoms with Gasteiger partial charge in [-0.3, -0.25) is 4.79 Å². The molecule has 1 aromatic carbocycles. The Hall–Kier alpha value is -3.26. The fraction of sp³-hybridized carbons (Fsp3) is 0.273. The van der Waals surface area contributed by atoms with Gasteiger partial charge in [-0.15, -0.1) is 16.4 Å². The molecule has 0 atom stereocenters. The summed E-state index contributed by atoms with van der Waals surface area (Å²) in [6.45, 7) is 4.00. The number of aromatic nitrogens is 4. The van der Waals surface area contributed by atoms with Crippen molar-refractivity contribution in [3.63, 3.8) is 0 Å². The van der Waals surface area contributed by atoms with Gasteiger partial charge in [-0.25, -0.2) is 14.6 Å². The van der Waals surface area contributed by atoms with Crippen molar-refractivity contribution in [3.8, 4) is 16.5 Å². The molecular formula is C22H23N5O2S. The third kappa shape index (κ3) is 3.78. The minimum absolute atomic E-state index is 0.0386. The van der Waals surface area contributed by atoms with Gasteiger partial charge >= 0.3 is 0 Å². The SMILES string of the molecule is COc1nn(C)c2nc(C)c(CCC(=O)Nc3cccc(-c4nccs4)c3)c(C)c12. The average molecular weight is 422 g/mol. The first-order valence-electron chi connectivity index (χ1n) is 9.64. The molecule has 0 aliphatic rings. The molecule has 4 rings (SSSR count). The Kier molecular flexibility index (Phi) is 5.50. The van der Waals surface area contributed by atoms with Crippen LogP contribution < -0.4 is 10.1 Å². The standard InChI is InChI=1S/C22H23N5O2S/c1-13-17(14(2)24-20-19(13)21(29-4)26-27(20)3)8-9-18(28)25-16-7-5-6-15(12-16)22-23-10-11-30-22/h5-7,10-12H,8-9H2,1-4H3,(H,25,28). The lowest BCUT2D eigenvalue weighted by Crippen LogP contribution is -2.13. The third-order valence-electron chi connectivity index (χ3n) is 5.14. The van der Waals surface area contributed by atoms with Crippen molar-refractivity contribution in [1.29, 1.82) is 0 Å². The van der Waals surface area contributed by atoms with Crippen LogP contribution in [-0.2, 0) is 18.3 Å². The lowest BCUT2D eigenvalue weighted by atomic mass is 10.00. The summed E-state index contributed by atoms with van der Waals surface area (Å²) < 4.78 is 7.14. The lowest BCUT2D eigenvalue weighted by Gasteiger charge is -2.12. The number of carbonyl (C=O) groups is 1. The van der Waals surface area contributed by atoms with Gasteiger partial charge in [0.05, 0.1) is 12.5 Å². The molecule has 1 N–H and O–H groups in total. The topological polar surface area (TPSA) is 81.9 Å². The van der Waals surface area contributed by atoms with E-state index in [1.807, 2.05) is 50.5 Å². The molecule has 30 heavy (non-hydrogen) atoms. The summed E-state index contributed by atoms with van der Waals surface area (Å²) in [5.74, 6) is 0.519. The van der Waals surface area contributed by atoms with Crippen LogP contribution >= 0.6 is 11.3 Å². The van der Waals surface area contributed by atoms with E-state index in [4.69, 9.17) is 4.74 Å². The molecule has 1 amide bonds. The van der Waals surface area contributed by atoms with Crippen molar-refractivity contribution in [2.75, 3.05) is 12.4 Å². The van der Waals surface area contributed by atoms with E-state index in [2.05, 4.69) is 20.4 Å². The van der Waals surface area contributed by atoms with Crippen LogP contribution in [0.15, 0.2) is 35.8 Å². The van der Waals surface area contributed by atoms with Crippen molar-refractivity contribution in [2.24, 2.45) is 7.05 Å². The lowest BCUT2D eigenvalue weighted by molar-refractivity contribution is -0.116. The average Bonchev–Trinajstić information content (AvgIpc) is 3.36. The number of nitrogens with one attached hydrogen (secondary N) is 1. The summed E-state index contributed by atoms with van der Waals surface area (Å²) in [5.41, 5.74) is 5.57. The minimum atomic E-state index is -0.0386. The molecule has 0 saturated carbocycles. The van der Waals surface area contributed by atoms with Gasteiger partial charge < -0.3 is 10.1 Å². The number of methoxy groups -OCH3 is 1. The highest BCUT2D eigenvalue weighted by Gasteiger charge is 2.18. The zero-order valence-electron chi connectivity index (χ0n) is 17.4. The predicted molar refractivity (Wildman–Crippen MR) is 119 cm³/mol. The van der Waals surface area contributed by atoms with Crippen molar-refractivity contribution in [3.05, 3.63) is 52.7 Å². The van der Waals surface area contributed by atoms with Gasteiger partial charge in [-0.2, -0.15) is 0 Å². The molecule has 3 heterocycles. The van der Waals surface area contributed by atoms with Gasteiger partial charge in [0.1, 0.15) is 5.01 Å². The molecular weight excluding hydrogens is 398 g/mol. The van der Waals surface area contributed by atoms with Crippen LogP contribution in [0.5, 0.6) is 5.88 Å². The van der Waals surface area contributed by atoms with Crippen LogP contribution in [0.2, 0.25) is 0 Å². The molecule has 0 aliphatic heterocycles. The molecule has 0 spiro atoms. The molecule has 0 fully saturated rings. The summed E-state index contributed by atoms with van der Waals surface area (Å²) in [5, 5.41) is 11.1. The zero-order valence-corrected chi connectivity index (χ0v) is 18.2. The van der Waals surface area contributed by atoms with Gasteiger partial charge in [0, 0.05) is 42.0 Å². The fourth-order valence-corrected chi connectivity index (χ4v) is 4.30. The molecule has 154 valence electrons. The number of carbonyl (C=O) groups excluding carboxylic acids is 1. The smallest absolute Gasteiger partial charge is 0.242 e. The first-order valence-corrected chi connectivity index (χ1v) is 10.5. The number of amides is 1. The van der Waals surface area contributed by atoms with Crippen LogP contribution in [-0.4, -0.2) is 32.8 Å². The maximum atomic E-state index is 12.6. The number of fused-ring (bicyclic) bond motifs is 1. The van der Waals surface area contributed by atoms with E-state index < -0.39 is 0 Å². The van der Waals surface area contributed by atoms with Gasteiger partial charge in [0.15, 0.2) is 5.65 Å². The van der Waals surface area contributed by atoms with E-state index in [0.29, 0.717) is 18.7 Å². The summed E-state index contributed by atoms with van der Waals surface area (Å²) in [4.78, 5) is 21.6. The maximum Gasteiger partial charge on any atom is 0.242 e. The molecule has 0 bridgehead atoms. The molecule has 0 aliphatic carbocycles. The van der Waals surface area contributed by atoms with E-state index >= 15 is 0 Å². The van der Waals surface area contributed by atoms with E-state index in [1.165, 1.54) is 0 Å². The van der Waals surface area contributed by atoms with Crippen LogP contribution in [0.1, 0.15) is 23.2 Å². The molecule has 0 saturated heterocycles. The Morgan fingerprint density at radius 2 is 2.13 bits per heavy atom. The maximum absolute atomic E-state index is 12.6. The van der Waals surface area contributed by atoms with Crippen LogP contribution in [0.25, 0.3) is 21.6 Å². The zero-order chi connectivity index (χ0) is 21.3. The molecule has 8 heteroatoms. The summed E-state index contributed by atoms with van der Waals surface area (Å²) in [6.07, 6.45) is 2.73. The monoisotopic (exact) mass is 421 g/mol. The number of aryl methyl sites for hydroxylation is 3. The molecule has 0 unspecified atom stereocenters. The number of anilines is 1. The summed E-state index contributed by atoms with van der Waals surface area (Å²) in [7, 11) is 3.46. The Bertz CT molecular complexity index is 1210. The molecule has 4 aromatic rings. The Morgan fingerprint density at radius 1 is 1.30 bits per heavy atom. The second kappa shape index (κ2) is 8.23. The van der Waals surface area contributed by atoms with E-state index in [-0.39, 0.29) is 5.91 Å². The van der Waals surface area contributed by atoms with Gasteiger partial charge in [-0.1, -0.05) is 12.1 Å². The second-order valence-corrected chi connectivity index (χ2v) is 7.99. The van der Waals surface area contributed by atoms with Crippen molar-refractivity contribution in [2.45, 2.75) is 26.7 Å². The number of pyridine rings is 1. The first kappa shape index (κ1) is 20.0. The molecule has 3 aromatic heterocycles. The highest BCUT2D eigenvalue weighted by molar-refractivity contribution is 7.13. The Balaban J connectivity index is 1.50. The second-order valence-electron chi connectivity index (χ2n) is 7.10. The van der Waals surface area contributed by atoms with E-state index in [0.717, 1.165) is 44.1 Å². The summed E-state index contributed by atoms with van der Waals surface area (Å²) >= 11 is 1.57. The van der Waals surface area contributed by atoms with Crippen LogP contribution in [0.4, 0.5) is 5.69 Å². The van der Waals surface area contributed by atoms with Gasteiger partial charge in [0.2, 0.25) is 11.8 Å². The third-order valence-corrected chi connectivity index (χ3v) is 5.97. The number of thiazole rings is 1. The molecule has 7 nitrogen and oxygen atoms in total. The van der Waals surface area contributed by atoms with Gasteiger partial charge in [0.25, 0.3) is 0 Å². The Morgan fingerprint density at radius 3 is 2.87 bits per heavy atom. The van der Waals surface area contributed by atoms with Gasteiger partial charge in [-0.05, 0) is 43.5 Å². The largest absolute Gasteiger partial charge is 0.479 e. The number of hydrogen-bond acceptors (Lipinski definition) is 6. The number of hydrogen-bond donors (Lipinski definition) is 1. The van der Waals surface area contributed by atoms with E-state index in [9.17, 15) is 4.79 Å². The number of rotatable bonds is 6. The molecule has 0 radical (unpaired) electrons. The van der Waals surface area contributed by atoms with E-state index in [1.54, 1.807) is 29.3 Å². The van der Waals surface area contributed by atoms with Crippen molar-refractivity contribution < 1.29 is 9.53 Å².